The molecule has 0 spiro atoms. The molecule has 23 heavy (non-hydrogen) atoms. The maximum Gasteiger partial charge on any atom is 0.407 e. The largest absolute Gasteiger partial charge is 0.444 e. The van der Waals surface area contributed by atoms with Gasteiger partial charge < -0.3 is 25.2 Å². The molecule has 1 saturated heterocycles. The highest BCUT2D eigenvalue weighted by Gasteiger charge is 2.20. The van der Waals surface area contributed by atoms with Crippen molar-refractivity contribution in [3.63, 3.8) is 0 Å². The van der Waals surface area contributed by atoms with E-state index in [0.717, 1.165) is 32.5 Å². The molecule has 3 amide bonds. The van der Waals surface area contributed by atoms with Crippen molar-refractivity contribution in [1.29, 1.82) is 0 Å². The van der Waals surface area contributed by atoms with Crippen LogP contribution in [0.5, 0.6) is 0 Å². The summed E-state index contributed by atoms with van der Waals surface area (Å²) < 4.78 is 5.12. The van der Waals surface area contributed by atoms with Gasteiger partial charge in [0.05, 0.1) is 0 Å². The van der Waals surface area contributed by atoms with Crippen LogP contribution >= 0.6 is 0 Å². The zero-order chi connectivity index (χ0) is 17.5. The molecule has 1 heterocycles. The third-order valence-electron chi connectivity index (χ3n) is 3.79. The summed E-state index contributed by atoms with van der Waals surface area (Å²) in [4.78, 5) is 27.5. The highest BCUT2D eigenvalue weighted by Crippen LogP contribution is 2.16. The predicted molar refractivity (Wildman–Crippen MR) is 90.5 cm³/mol. The number of carbonyl (C=O) groups excluding carboxylic acids is 2. The molecular weight excluding hydrogens is 296 g/mol. The molecule has 0 aliphatic carbocycles. The Bertz CT molecular complexity index is 387. The molecule has 0 aromatic heterocycles. The molecule has 134 valence electrons. The quantitative estimate of drug-likeness (QED) is 0.750. The van der Waals surface area contributed by atoms with E-state index in [4.69, 9.17) is 4.74 Å². The number of hydrogen-bond acceptors (Lipinski definition) is 4. The van der Waals surface area contributed by atoms with Gasteiger partial charge in [0.15, 0.2) is 0 Å². The molecule has 0 bridgehead atoms. The zero-order valence-electron chi connectivity index (χ0n) is 15.1. The Hall–Kier alpha value is -1.50. The lowest BCUT2D eigenvalue weighted by Gasteiger charge is -2.31. The SMILES string of the molecule is CN1CCC(CN(C)C(=O)NCCNC(=O)OC(C)(C)C)CC1. The highest BCUT2D eigenvalue weighted by atomic mass is 16.6. The van der Waals surface area contributed by atoms with Crippen molar-refractivity contribution in [3.8, 4) is 0 Å². The molecule has 0 saturated carbocycles. The molecule has 0 aromatic rings. The van der Waals surface area contributed by atoms with Gasteiger partial charge in [0.25, 0.3) is 0 Å². The lowest BCUT2D eigenvalue weighted by molar-refractivity contribution is 0.0528. The monoisotopic (exact) mass is 328 g/mol. The van der Waals surface area contributed by atoms with Crippen LogP contribution in [-0.4, -0.2) is 74.3 Å². The van der Waals surface area contributed by atoms with Gasteiger partial charge in [-0.1, -0.05) is 0 Å². The first-order valence-corrected chi connectivity index (χ1v) is 8.32. The average molecular weight is 328 g/mol. The van der Waals surface area contributed by atoms with E-state index in [9.17, 15) is 9.59 Å². The number of ether oxygens (including phenoxy) is 1. The standard InChI is InChI=1S/C16H32N4O3/c1-16(2,3)23-15(22)18-9-8-17-14(21)20(5)12-13-6-10-19(4)11-7-13/h13H,6-12H2,1-5H3,(H,17,21)(H,18,22). The molecular formula is C16H32N4O3. The maximum atomic E-state index is 12.0. The van der Waals surface area contributed by atoms with E-state index in [-0.39, 0.29) is 6.03 Å². The van der Waals surface area contributed by atoms with Crippen LogP contribution in [0, 0.1) is 5.92 Å². The Morgan fingerprint density at radius 1 is 1.17 bits per heavy atom. The summed E-state index contributed by atoms with van der Waals surface area (Å²) in [6.07, 6.45) is 1.80. The first kappa shape index (κ1) is 19.5. The van der Waals surface area contributed by atoms with E-state index >= 15 is 0 Å². The number of hydrogen-bond donors (Lipinski definition) is 2. The number of carbonyl (C=O) groups is 2. The molecule has 0 atom stereocenters. The van der Waals surface area contributed by atoms with E-state index in [1.807, 2.05) is 27.8 Å². The second kappa shape index (κ2) is 8.96. The van der Waals surface area contributed by atoms with Gasteiger partial charge >= 0.3 is 12.1 Å². The van der Waals surface area contributed by atoms with Crippen molar-refractivity contribution in [2.45, 2.75) is 39.2 Å². The number of amides is 3. The minimum atomic E-state index is -0.512. The molecule has 0 radical (unpaired) electrons. The first-order valence-electron chi connectivity index (χ1n) is 8.32. The van der Waals surface area contributed by atoms with Gasteiger partial charge in [0.1, 0.15) is 5.60 Å². The molecule has 1 fully saturated rings. The normalized spacial score (nSPS) is 16.7. The number of piperidine rings is 1. The smallest absolute Gasteiger partial charge is 0.407 e. The van der Waals surface area contributed by atoms with Crippen molar-refractivity contribution >= 4 is 12.1 Å². The van der Waals surface area contributed by atoms with Gasteiger partial charge in [0.2, 0.25) is 0 Å². The molecule has 1 rings (SSSR count). The van der Waals surface area contributed by atoms with Crippen LogP contribution in [0.4, 0.5) is 9.59 Å². The highest BCUT2D eigenvalue weighted by molar-refractivity contribution is 5.74. The van der Waals surface area contributed by atoms with E-state index in [0.29, 0.717) is 19.0 Å². The number of nitrogens with zero attached hydrogens (tertiary/aromatic N) is 2. The third-order valence-corrected chi connectivity index (χ3v) is 3.79. The lowest BCUT2D eigenvalue weighted by Crippen LogP contribution is -2.44. The summed E-state index contributed by atoms with van der Waals surface area (Å²) >= 11 is 0. The van der Waals surface area contributed by atoms with Crippen molar-refractivity contribution in [1.82, 2.24) is 20.4 Å². The fraction of sp³-hybridized carbons (Fsp3) is 0.875. The van der Waals surface area contributed by atoms with Crippen molar-refractivity contribution in [2.24, 2.45) is 5.92 Å². The van der Waals surface area contributed by atoms with Crippen LogP contribution in [0.2, 0.25) is 0 Å². The summed E-state index contributed by atoms with van der Waals surface area (Å²) in [5, 5.41) is 5.43. The Morgan fingerprint density at radius 2 is 1.74 bits per heavy atom. The molecule has 1 aliphatic rings. The third kappa shape index (κ3) is 8.64. The fourth-order valence-electron chi connectivity index (χ4n) is 2.50. The van der Waals surface area contributed by atoms with Crippen molar-refractivity contribution in [3.05, 3.63) is 0 Å². The summed E-state index contributed by atoms with van der Waals surface area (Å²) in [5.74, 6) is 0.571. The summed E-state index contributed by atoms with van der Waals surface area (Å²) in [7, 11) is 3.94. The maximum absolute atomic E-state index is 12.0. The average Bonchev–Trinajstić information content (AvgIpc) is 2.44. The van der Waals surface area contributed by atoms with Crippen LogP contribution in [0.25, 0.3) is 0 Å². The summed E-state index contributed by atoms with van der Waals surface area (Å²) in [6.45, 7) is 9.14. The number of alkyl carbamates (subject to hydrolysis) is 1. The van der Waals surface area contributed by atoms with Gasteiger partial charge in [-0.15, -0.1) is 0 Å². The van der Waals surface area contributed by atoms with Crippen LogP contribution in [0.15, 0.2) is 0 Å². The molecule has 1 aliphatic heterocycles. The Kier molecular flexibility index (Phi) is 7.61. The first-order chi connectivity index (χ1) is 10.7. The van der Waals surface area contributed by atoms with Crippen LogP contribution in [0.1, 0.15) is 33.6 Å². The lowest BCUT2D eigenvalue weighted by atomic mass is 9.97. The Morgan fingerprint density at radius 3 is 2.30 bits per heavy atom. The predicted octanol–water partition coefficient (Wildman–Crippen LogP) is 1.49. The number of nitrogens with one attached hydrogen (secondary N) is 2. The molecule has 0 aromatic carbocycles. The van der Waals surface area contributed by atoms with Crippen LogP contribution < -0.4 is 10.6 Å². The topological polar surface area (TPSA) is 73.9 Å². The summed E-state index contributed by atoms with van der Waals surface area (Å²) in [5.41, 5.74) is -0.512. The second-order valence-electron chi connectivity index (χ2n) is 7.29. The van der Waals surface area contributed by atoms with Crippen LogP contribution in [-0.2, 0) is 4.74 Å². The van der Waals surface area contributed by atoms with Crippen LogP contribution in [0.3, 0.4) is 0 Å². The minimum Gasteiger partial charge on any atom is -0.444 e. The number of urea groups is 1. The minimum absolute atomic E-state index is 0.102. The van der Waals surface area contributed by atoms with Crippen molar-refractivity contribution < 1.29 is 14.3 Å². The zero-order valence-corrected chi connectivity index (χ0v) is 15.1. The number of likely N-dealkylation sites (tertiary alicyclic amines) is 1. The van der Waals surface area contributed by atoms with E-state index in [2.05, 4.69) is 22.6 Å². The van der Waals surface area contributed by atoms with Gasteiger partial charge in [-0.05, 0) is 59.7 Å². The number of rotatable bonds is 5. The Labute approximate surface area is 139 Å². The summed E-state index contributed by atoms with van der Waals surface area (Å²) in [6, 6.07) is -0.102. The molecule has 2 N–H and O–H groups in total. The van der Waals surface area contributed by atoms with E-state index in [1.54, 1.807) is 4.90 Å². The molecule has 0 unspecified atom stereocenters. The fourth-order valence-corrected chi connectivity index (χ4v) is 2.50. The van der Waals surface area contributed by atoms with Gasteiger partial charge in [-0.3, -0.25) is 0 Å². The van der Waals surface area contributed by atoms with E-state index < -0.39 is 11.7 Å². The second-order valence-corrected chi connectivity index (χ2v) is 7.29. The van der Waals surface area contributed by atoms with Gasteiger partial charge in [-0.25, -0.2) is 9.59 Å². The van der Waals surface area contributed by atoms with Crippen molar-refractivity contribution in [2.75, 3.05) is 46.8 Å². The van der Waals surface area contributed by atoms with E-state index in [1.165, 1.54) is 0 Å². The van der Waals surface area contributed by atoms with Gasteiger partial charge in [0, 0.05) is 26.7 Å². The molecule has 7 nitrogen and oxygen atoms in total. The Balaban J connectivity index is 2.14. The molecule has 7 heteroatoms. The van der Waals surface area contributed by atoms with Gasteiger partial charge in [-0.2, -0.15) is 0 Å².